The van der Waals surface area contributed by atoms with Gasteiger partial charge in [-0.25, -0.2) is 15.0 Å². The van der Waals surface area contributed by atoms with Gasteiger partial charge in [-0.15, -0.1) is 0 Å². The number of fused-ring (bicyclic) bond motifs is 1. The number of aromatic nitrogens is 5. The number of halogens is 3. The van der Waals surface area contributed by atoms with Crippen molar-refractivity contribution in [1.29, 1.82) is 0 Å². The summed E-state index contributed by atoms with van der Waals surface area (Å²) in [5, 5.41) is 0. The van der Waals surface area contributed by atoms with E-state index in [0.29, 0.717) is 45.1 Å². The number of hydrogen-bond acceptors (Lipinski definition) is 6. The van der Waals surface area contributed by atoms with Crippen molar-refractivity contribution in [3.05, 3.63) is 71.7 Å². The number of hydrogen-bond donors (Lipinski definition) is 1. The largest absolute Gasteiger partial charge is 0.397 e. The van der Waals surface area contributed by atoms with Crippen LogP contribution in [0.3, 0.4) is 0 Å². The number of carbonyl (C=O) groups is 1. The first-order chi connectivity index (χ1) is 19.1. The Morgan fingerprint density at radius 2 is 1.80 bits per heavy atom. The van der Waals surface area contributed by atoms with Crippen LogP contribution < -0.4 is 0 Å². The van der Waals surface area contributed by atoms with E-state index in [2.05, 4.69) is 44.7 Å². The van der Waals surface area contributed by atoms with Gasteiger partial charge in [-0.2, -0.15) is 13.2 Å². The number of nitrogens with zero attached hydrogens (tertiary/aromatic N) is 6. The van der Waals surface area contributed by atoms with Gasteiger partial charge in [-0.05, 0) is 48.2 Å². The van der Waals surface area contributed by atoms with Crippen molar-refractivity contribution in [2.45, 2.75) is 45.8 Å². The first-order valence-electron chi connectivity index (χ1n) is 13.4. The first-order valence-corrected chi connectivity index (χ1v) is 13.4. The third kappa shape index (κ3) is 7.20. The number of nitrogens with one attached hydrogen (secondary N) is 1. The smallest absolute Gasteiger partial charge is 0.342 e. The molecule has 5 rings (SSSR count). The number of rotatable bonds is 8. The average Bonchev–Trinajstić information content (AvgIpc) is 3.29. The van der Waals surface area contributed by atoms with Crippen LogP contribution in [0.25, 0.3) is 22.3 Å². The van der Waals surface area contributed by atoms with Gasteiger partial charge in [-0.3, -0.25) is 14.7 Å². The Kier molecular flexibility index (Phi) is 8.11. The molecule has 8 nitrogen and oxygen atoms in total. The summed E-state index contributed by atoms with van der Waals surface area (Å²) in [6, 6.07) is 12.0. The average molecular weight is 552 g/mol. The predicted molar refractivity (Wildman–Crippen MR) is 145 cm³/mol. The number of alkyl halides is 3. The zero-order valence-electron chi connectivity index (χ0n) is 22.6. The van der Waals surface area contributed by atoms with E-state index in [0.717, 1.165) is 51.5 Å². The van der Waals surface area contributed by atoms with Crippen molar-refractivity contribution in [3.8, 4) is 11.3 Å². The maximum atomic E-state index is 12.5. The molecule has 11 heteroatoms. The van der Waals surface area contributed by atoms with Crippen LogP contribution in [-0.2, 0) is 24.2 Å². The van der Waals surface area contributed by atoms with Crippen molar-refractivity contribution in [2.75, 3.05) is 26.2 Å². The highest BCUT2D eigenvalue weighted by Gasteiger charge is 2.34. The molecule has 4 heterocycles. The van der Waals surface area contributed by atoms with Crippen molar-refractivity contribution in [1.82, 2.24) is 34.7 Å². The second-order valence-corrected chi connectivity index (χ2v) is 10.7. The quantitative estimate of drug-likeness (QED) is 0.338. The molecule has 1 aliphatic rings. The third-order valence-corrected chi connectivity index (χ3v) is 6.88. The van der Waals surface area contributed by atoms with E-state index in [9.17, 15) is 18.0 Å². The maximum absolute atomic E-state index is 12.5. The van der Waals surface area contributed by atoms with Crippen LogP contribution in [0.5, 0.6) is 0 Å². The summed E-state index contributed by atoms with van der Waals surface area (Å²) in [4.78, 5) is 36.8. The van der Waals surface area contributed by atoms with Crippen molar-refractivity contribution in [2.24, 2.45) is 5.92 Å². The Morgan fingerprint density at radius 1 is 1.00 bits per heavy atom. The number of benzene rings is 1. The molecule has 1 N–H and O–H groups in total. The highest BCUT2D eigenvalue weighted by molar-refractivity contribution is 5.81. The van der Waals surface area contributed by atoms with Crippen LogP contribution in [0.2, 0.25) is 0 Å². The molecule has 0 unspecified atom stereocenters. The van der Waals surface area contributed by atoms with Crippen LogP contribution in [0.1, 0.15) is 43.0 Å². The molecular formula is C29H32F3N7O. The number of aromatic amines is 1. The zero-order chi connectivity index (χ0) is 28.3. The summed E-state index contributed by atoms with van der Waals surface area (Å²) < 4.78 is 37.6. The summed E-state index contributed by atoms with van der Waals surface area (Å²) in [6.07, 6.45) is -1.07. The minimum Gasteiger partial charge on any atom is -0.342 e. The predicted octanol–water partition coefficient (Wildman–Crippen LogP) is 4.80. The molecule has 210 valence electrons. The molecule has 4 aromatic rings. The molecule has 1 aliphatic heterocycles. The van der Waals surface area contributed by atoms with Crippen LogP contribution in [-0.4, -0.2) is 73.0 Å². The lowest BCUT2D eigenvalue weighted by Crippen LogP contribution is -2.49. The van der Waals surface area contributed by atoms with Crippen LogP contribution in [0.4, 0.5) is 13.2 Å². The number of H-pyrrole nitrogens is 1. The second kappa shape index (κ2) is 11.7. The van der Waals surface area contributed by atoms with Gasteiger partial charge in [0.2, 0.25) is 5.91 Å². The number of pyridine rings is 1. The lowest BCUT2D eigenvalue weighted by Gasteiger charge is -2.35. The Balaban J connectivity index is 1.21. The molecule has 0 radical (unpaired) electrons. The monoisotopic (exact) mass is 551 g/mol. The second-order valence-electron chi connectivity index (χ2n) is 10.7. The molecule has 40 heavy (non-hydrogen) atoms. The molecule has 1 aromatic carbocycles. The number of piperazine rings is 1. The normalized spacial score (nSPS) is 14.8. The standard InChI is InChI=1S/C29H32F3N7O/c1-19(2)11-22-14-25(35-18-34-22)21-3-4-24-26(13-21)37-27(36-24)15-23-12-20(5-6-33-23)17-38-7-9-39(10-8-38)28(40)16-29(30,31)32/h3-6,12-14,18-19H,7-11,15-17H2,1-2H3,(H,36,37). The Bertz CT molecular complexity index is 1480. The van der Waals surface area contributed by atoms with E-state index in [-0.39, 0.29) is 0 Å². The third-order valence-electron chi connectivity index (χ3n) is 6.88. The first kappa shape index (κ1) is 27.7. The summed E-state index contributed by atoms with van der Waals surface area (Å²) in [5.74, 6) is 0.459. The van der Waals surface area contributed by atoms with E-state index < -0.39 is 18.5 Å². The lowest BCUT2D eigenvalue weighted by molar-refractivity contribution is -0.162. The van der Waals surface area contributed by atoms with Crippen LogP contribution in [0, 0.1) is 5.92 Å². The van der Waals surface area contributed by atoms with Gasteiger partial charge >= 0.3 is 6.18 Å². The fraction of sp³-hybridized carbons (Fsp3) is 0.414. The molecule has 0 saturated carbocycles. The topological polar surface area (TPSA) is 90.9 Å². The van der Waals surface area contributed by atoms with E-state index in [4.69, 9.17) is 4.98 Å². The van der Waals surface area contributed by atoms with Gasteiger partial charge in [0.05, 0.1) is 16.7 Å². The highest BCUT2D eigenvalue weighted by atomic mass is 19.4. The van der Waals surface area contributed by atoms with E-state index in [1.165, 1.54) is 4.90 Å². The van der Waals surface area contributed by atoms with E-state index >= 15 is 0 Å². The van der Waals surface area contributed by atoms with Gasteiger partial charge in [0.15, 0.2) is 0 Å². The Morgan fingerprint density at radius 3 is 2.55 bits per heavy atom. The van der Waals surface area contributed by atoms with Crippen LogP contribution in [0.15, 0.2) is 48.9 Å². The SMILES string of the molecule is CC(C)Cc1cc(-c2ccc3nc(Cc4cc(CN5CCN(C(=O)CC(F)(F)F)CC5)ccn4)[nH]c3c2)ncn1. The molecule has 0 atom stereocenters. The van der Waals surface area contributed by atoms with Gasteiger partial charge in [0, 0.05) is 62.3 Å². The van der Waals surface area contributed by atoms with E-state index in [1.807, 2.05) is 30.3 Å². The zero-order valence-corrected chi connectivity index (χ0v) is 22.6. The van der Waals surface area contributed by atoms with Crippen LogP contribution >= 0.6 is 0 Å². The van der Waals surface area contributed by atoms with E-state index in [1.54, 1.807) is 12.5 Å². The number of carbonyl (C=O) groups excluding carboxylic acids is 1. The summed E-state index contributed by atoms with van der Waals surface area (Å²) >= 11 is 0. The summed E-state index contributed by atoms with van der Waals surface area (Å²) in [5.41, 5.74) is 6.60. The molecule has 0 bridgehead atoms. The van der Waals surface area contributed by atoms with Gasteiger partial charge in [0.25, 0.3) is 0 Å². The molecule has 1 saturated heterocycles. The fourth-order valence-electron chi connectivity index (χ4n) is 4.98. The summed E-state index contributed by atoms with van der Waals surface area (Å²) in [6.45, 7) is 6.61. The minimum absolute atomic E-state index is 0.294. The van der Waals surface area contributed by atoms with Crippen molar-refractivity contribution < 1.29 is 18.0 Å². The molecule has 0 aliphatic carbocycles. The number of imidazole rings is 1. The van der Waals surface area contributed by atoms with Crippen molar-refractivity contribution in [3.63, 3.8) is 0 Å². The Hall–Kier alpha value is -3.86. The molecular weight excluding hydrogens is 519 g/mol. The lowest BCUT2D eigenvalue weighted by atomic mass is 10.1. The number of amides is 1. The van der Waals surface area contributed by atoms with Gasteiger partial charge < -0.3 is 9.88 Å². The molecule has 1 amide bonds. The minimum atomic E-state index is -4.47. The highest BCUT2D eigenvalue weighted by Crippen LogP contribution is 2.24. The summed E-state index contributed by atoms with van der Waals surface area (Å²) in [7, 11) is 0. The van der Waals surface area contributed by atoms with Crippen molar-refractivity contribution >= 4 is 16.9 Å². The molecule has 1 fully saturated rings. The maximum Gasteiger partial charge on any atom is 0.397 e. The molecule has 0 spiro atoms. The Labute approximate surface area is 230 Å². The fourth-order valence-corrected chi connectivity index (χ4v) is 4.98. The van der Waals surface area contributed by atoms with Gasteiger partial charge in [0.1, 0.15) is 18.6 Å². The van der Waals surface area contributed by atoms with Gasteiger partial charge in [-0.1, -0.05) is 19.9 Å². The molecule has 3 aromatic heterocycles.